The summed E-state index contributed by atoms with van der Waals surface area (Å²) < 4.78 is 32.7. The molecule has 0 saturated heterocycles. The van der Waals surface area contributed by atoms with Crippen molar-refractivity contribution in [3.63, 3.8) is 0 Å². The number of thiophene rings is 1. The van der Waals surface area contributed by atoms with Gasteiger partial charge in [0.15, 0.2) is 0 Å². The van der Waals surface area contributed by atoms with Gasteiger partial charge in [-0.3, -0.25) is 4.98 Å². The average Bonchev–Trinajstić information content (AvgIpc) is 3.08. The lowest BCUT2D eigenvalue weighted by Gasteiger charge is -2.15. The van der Waals surface area contributed by atoms with Crippen molar-refractivity contribution in [1.29, 1.82) is 0 Å². The number of nitrogens with zero attached hydrogens (tertiary/aromatic N) is 1. The second kappa shape index (κ2) is 6.66. The summed E-state index contributed by atoms with van der Waals surface area (Å²) in [6.45, 7) is 2.02. The standard InChI is InChI=1S/C16H16N2O3S2/c1-12(18-23(19,20)14-6-8-22-11-14)10-21-16-4-2-3-13-9-17-7-5-15(13)16/h2-9,11-12,18H,10H2,1H3/t12-/m0/s1. The van der Waals surface area contributed by atoms with Crippen LogP contribution in [0.2, 0.25) is 0 Å². The van der Waals surface area contributed by atoms with E-state index in [9.17, 15) is 8.42 Å². The molecule has 0 fully saturated rings. The Kier molecular flexibility index (Phi) is 4.61. The van der Waals surface area contributed by atoms with E-state index in [1.54, 1.807) is 36.1 Å². The highest BCUT2D eigenvalue weighted by Gasteiger charge is 2.18. The van der Waals surface area contributed by atoms with Crippen LogP contribution in [0.4, 0.5) is 0 Å². The van der Waals surface area contributed by atoms with Crippen LogP contribution in [0.15, 0.2) is 58.4 Å². The minimum absolute atomic E-state index is 0.241. The lowest BCUT2D eigenvalue weighted by molar-refractivity contribution is 0.290. The monoisotopic (exact) mass is 348 g/mol. The molecule has 1 aromatic carbocycles. The van der Waals surface area contributed by atoms with E-state index in [0.29, 0.717) is 5.75 Å². The van der Waals surface area contributed by atoms with Crippen LogP contribution in [0, 0.1) is 0 Å². The fraction of sp³-hybridized carbons (Fsp3) is 0.188. The van der Waals surface area contributed by atoms with Crippen molar-refractivity contribution < 1.29 is 13.2 Å². The summed E-state index contributed by atoms with van der Waals surface area (Å²) in [4.78, 5) is 4.36. The normalized spacial score (nSPS) is 13.1. The van der Waals surface area contributed by atoms with E-state index >= 15 is 0 Å². The predicted octanol–water partition coefficient (Wildman–Crippen LogP) is 3.04. The second-order valence-corrected chi connectivity index (χ2v) is 7.64. The molecule has 5 nitrogen and oxygen atoms in total. The van der Waals surface area contributed by atoms with E-state index in [-0.39, 0.29) is 17.5 Å². The minimum Gasteiger partial charge on any atom is -0.491 e. The average molecular weight is 348 g/mol. The summed E-state index contributed by atoms with van der Waals surface area (Å²) in [5, 5.41) is 5.28. The fourth-order valence-corrected chi connectivity index (χ4v) is 4.46. The molecule has 0 spiro atoms. The third-order valence-corrected chi connectivity index (χ3v) is 5.71. The van der Waals surface area contributed by atoms with Crippen molar-refractivity contribution in [2.24, 2.45) is 0 Å². The smallest absolute Gasteiger partial charge is 0.241 e. The third-order valence-electron chi connectivity index (χ3n) is 3.29. The first-order chi connectivity index (χ1) is 11.1. The van der Waals surface area contributed by atoms with Crippen LogP contribution in [0.1, 0.15) is 6.92 Å². The molecule has 1 N–H and O–H groups in total. The molecule has 1 atom stereocenters. The molecule has 120 valence electrons. The quantitative estimate of drug-likeness (QED) is 0.743. The molecule has 3 aromatic rings. The summed E-state index contributed by atoms with van der Waals surface area (Å²) in [6, 6.07) is 8.82. The lowest BCUT2D eigenvalue weighted by Crippen LogP contribution is -2.36. The van der Waals surface area contributed by atoms with Gasteiger partial charge in [0.2, 0.25) is 10.0 Å². The Morgan fingerprint density at radius 3 is 2.96 bits per heavy atom. The van der Waals surface area contributed by atoms with Gasteiger partial charge in [0.25, 0.3) is 0 Å². The van der Waals surface area contributed by atoms with Crippen molar-refractivity contribution >= 4 is 32.1 Å². The van der Waals surface area contributed by atoms with Gasteiger partial charge in [0.1, 0.15) is 12.4 Å². The highest BCUT2D eigenvalue weighted by atomic mass is 32.2. The fourth-order valence-electron chi connectivity index (χ4n) is 2.21. The number of fused-ring (bicyclic) bond motifs is 1. The summed E-state index contributed by atoms with van der Waals surface area (Å²) in [5.41, 5.74) is 0. The van der Waals surface area contributed by atoms with Crippen LogP contribution < -0.4 is 9.46 Å². The van der Waals surface area contributed by atoms with Crippen molar-refractivity contribution in [2.75, 3.05) is 6.61 Å². The van der Waals surface area contributed by atoms with Gasteiger partial charge in [-0.05, 0) is 30.5 Å². The number of hydrogen-bond donors (Lipinski definition) is 1. The molecular weight excluding hydrogens is 332 g/mol. The second-order valence-electron chi connectivity index (χ2n) is 5.15. The van der Waals surface area contributed by atoms with Gasteiger partial charge in [-0.15, -0.1) is 0 Å². The lowest BCUT2D eigenvalue weighted by atomic mass is 10.1. The molecule has 2 heterocycles. The van der Waals surface area contributed by atoms with Crippen molar-refractivity contribution in [3.05, 3.63) is 53.5 Å². The van der Waals surface area contributed by atoms with Gasteiger partial charge >= 0.3 is 0 Å². The van der Waals surface area contributed by atoms with Crippen LogP contribution >= 0.6 is 11.3 Å². The summed E-state index contributed by atoms with van der Waals surface area (Å²) in [7, 11) is -3.49. The molecule has 2 aromatic heterocycles. The molecule has 0 amide bonds. The SMILES string of the molecule is C[C@@H](COc1cccc2cnccc12)NS(=O)(=O)c1ccsc1. The zero-order valence-electron chi connectivity index (χ0n) is 12.5. The maximum absolute atomic E-state index is 12.2. The molecular formula is C16H16N2O3S2. The number of ether oxygens (including phenoxy) is 1. The maximum atomic E-state index is 12.2. The first-order valence-corrected chi connectivity index (χ1v) is 9.49. The van der Waals surface area contributed by atoms with Crippen LogP contribution in [-0.4, -0.2) is 26.1 Å². The highest BCUT2D eigenvalue weighted by Crippen LogP contribution is 2.24. The first kappa shape index (κ1) is 15.9. The molecule has 0 aliphatic carbocycles. The van der Waals surface area contributed by atoms with Gasteiger partial charge in [-0.25, -0.2) is 13.1 Å². The molecule has 7 heteroatoms. The largest absolute Gasteiger partial charge is 0.491 e. The van der Waals surface area contributed by atoms with Crippen molar-refractivity contribution in [3.8, 4) is 5.75 Å². The van der Waals surface area contributed by atoms with Crippen LogP contribution in [0.5, 0.6) is 5.75 Å². The number of rotatable bonds is 6. The Balaban J connectivity index is 1.68. The highest BCUT2D eigenvalue weighted by molar-refractivity contribution is 7.89. The summed E-state index contributed by atoms with van der Waals surface area (Å²) in [5.74, 6) is 0.714. The molecule has 23 heavy (non-hydrogen) atoms. The van der Waals surface area contributed by atoms with E-state index in [2.05, 4.69) is 9.71 Å². The predicted molar refractivity (Wildman–Crippen MR) is 91.3 cm³/mol. The van der Waals surface area contributed by atoms with E-state index < -0.39 is 10.0 Å². The molecule has 0 unspecified atom stereocenters. The molecule has 3 rings (SSSR count). The summed E-state index contributed by atoms with van der Waals surface area (Å²) >= 11 is 1.35. The van der Waals surface area contributed by atoms with Gasteiger partial charge in [-0.1, -0.05) is 12.1 Å². The van der Waals surface area contributed by atoms with Crippen LogP contribution in [-0.2, 0) is 10.0 Å². The maximum Gasteiger partial charge on any atom is 0.241 e. The van der Waals surface area contributed by atoms with Gasteiger partial charge in [0.05, 0.1) is 10.9 Å². The van der Waals surface area contributed by atoms with Crippen molar-refractivity contribution in [1.82, 2.24) is 9.71 Å². The van der Waals surface area contributed by atoms with Crippen LogP contribution in [0.3, 0.4) is 0 Å². The van der Waals surface area contributed by atoms with Gasteiger partial charge < -0.3 is 4.74 Å². The van der Waals surface area contributed by atoms with E-state index in [1.165, 1.54) is 11.3 Å². The first-order valence-electron chi connectivity index (χ1n) is 7.06. The van der Waals surface area contributed by atoms with Gasteiger partial charge in [-0.2, -0.15) is 11.3 Å². The number of sulfonamides is 1. The Labute approximate surface area is 139 Å². The Hall–Kier alpha value is -1.96. The number of aromatic nitrogens is 1. The Bertz CT molecular complexity index is 887. The Morgan fingerprint density at radius 1 is 1.30 bits per heavy atom. The van der Waals surface area contributed by atoms with Gasteiger partial charge in [0, 0.05) is 28.5 Å². The third kappa shape index (κ3) is 3.69. The molecule has 0 saturated carbocycles. The zero-order chi connectivity index (χ0) is 16.3. The Morgan fingerprint density at radius 2 is 2.17 bits per heavy atom. The van der Waals surface area contributed by atoms with Crippen molar-refractivity contribution in [2.45, 2.75) is 17.9 Å². The van der Waals surface area contributed by atoms with E-state index in [4.69, 9.17) is 4.74 Å². The number of benzene rings is 1. The van der Waals surface area contributed by atoms with E-state index in [1.807, 2.05) is 24.3 Å². The zero-order valence-corrected chi connectivity index (χ0v) is 14.1. The minimum atomic E-state index is -3.49. The molecule has 0 radical (unpaired) electrons. The molecule has 0 aliphatic heterocycles. The number of pyridine rings is 1. The topological polar surface area (TPSA) is 68.3 Å². The number of nitrogens with one attached hydrogen (secondary N) is 1. The number of hydrogen-bond acceptors (Lipinski definition) is 5. The van der Waals surface area contributed by atoms with E-state index in [0.717, 1.165) is 10.8 Å². The summed E-state index contributed by atoms with van der Waals surface area (Å²) in [6.07, 6.45) is 3.48. The molecule has 0 bridgehead atoms. The molecule has 0 aliphatic rings. The van der Waals surface area contributed by atoms with Crippen LogP contribution in [0.25, 0.3) is 10.8 Å².